The zero-order chi connectivity index (χ0) is 19.1. The lowest BCUT2D eigenvalue weighted by Gasteiger charge is -2.20. The molecule has 6 nitrogen and oxygen atoms in total. The van der Waals surface area contributed by atoms with Crippen molar-refractivity contribution < 1.29 is 24.0 Å². The number of ether oxygens (including phenoxy) is 1. The topological polar surface area (TPSA) is 84.6 Å². The largest absolute Gasteiger partial charge is 0.506 e. The summed E-state index contributed by atoms with van der Waals surface area (Å²) in [7, 11) is -1.89. The monoisotopic (exact) mass is 356 g/mol. The lowest BCUT2D eigenvalue weighted by Crippen LogP contribution is -2.41. The van der Waals surface area contributed by atoms with E-state index < -0.39 is 24.6 Å². The Balaban J connectivity index is 2.24. The fourth-order valence-corrected chi connectivity index (χ4v) is 2.73. The van der Waals surface area contributed by atoms with Gasteiger partial charge in [0.1, 0.15) is 11.4 Å². The highest BCUT2D eigenvalue weighted by Gasteiger charge is 2.28. The van der Waals surface area contributed by atoms with Gasteiger partial charge in [-0.2, -0.15) is 0 Å². The third-order valence-corrected chi connectivity index (χ3v) is 3.73. The highest BCUT2D eigenvalue weighted by Crippen LogP contribution is 2.28. The van der Waals surface area contributed by atoms with Gasteiger partial charge in [-0.15, -0.1) is 0 Å². The first-order valence-corrected chi connectivity index (χ1v) is 8.02. The van der Waals surface area contributed by atoms with Crippen LogP contribution >= 0.6 is 0 Å². The predicted molar refractivity (Wildman–Crippen MR) is 96.6 cm³/mol. The fraction of sp³-hybridized carbons (Fsp3) is 0.222. The fourth-order valence-electron chi connectivity index (χ4n) is 2.73. The van der Waals surface area contributed by atoms with Crippen molar-refractivity contribution in [3.8, 4) is 11.1 Å². The van der Waals surface area contributed by atoms with Gasteiger partial charge >= 0.3 is 13.2 Å². The van der Waals surface area contributed by atoms with E-state index in [1.807, 2.05) is 0 Å². The minimum Gasteiger partial charge on any atom is -0.443 e. The summed E-state index contributed by atoms with van der Waals surface area (Å²) in [6, 6.07) is 7.41. The van der Waals surface area contributed by atoms with E-state index in [1.54, 1.807) is 32.9 Å². The van der Waals surface area contributed by atoms with Gasteiger partial charge in [0.05, 0.1) is 17.3 Å². The van der Waals surface area contributed by atoms with Crippen LogP contribution in [0.4, 0.5) is 9.18 Å². The Morgan fingerprint density at radius 1 is 1.23 bits per heavy atom. The van der Waals surface area contributed by atoms with E-state index >= 15 is 0 Å². The van der Waals surface area contributed by atoms with Gasteiger partial charge in [0.2, 0.25) is 0 Å². The Labute approximate surface area is 150 Å². The molecule has 2 aromatic heterocycles. The van der Waals surface area contributed by atoms with E-state index in [0.717, 1.165) is 4.57 Å². The number of rotatable bonds is 2. The molecule has 0 aliphatic rings. The second kappa shape index (κ2) is 6.55. The SMILES string of the molecule is CC(C)(C)OC(=O)n1c(B(O)O)cc2c(-c3cccc(F)c3)cncc21. The van der Waals surface area contributed by atoms with Crippen LogP contribution < -0.4 is 5.59 Å². The number of benzene rings is 1. The van der Waals surface area contributed by atoms with Crippen molar-refractivity contribution in [1.29, 1.82) is 0 Å². The summed E-state index contributed by atoms with van der Waals surface area (Å²) in [5.74, 6) is -0.409. The maximum atomic E-state index is 13.6. The van der Waals surface area contributed by atoms with Crippen molar-refractivity contribution in [2.45, 2.75) is 26.4 Å². The summed E-state index contributed by atoms with van der Waals surface area (Å²) < 4.78 is 20.0. The molecule has 0 aliphatic carbocycles. The summed E-state index contributed by atoms with van der Waals surface area (Å²) in [6.45, 7) is 5.13. The lowest BCUT2D eigenvalue weighted by molar-refractivity contribution is 0.0547. The molecule has 0 unspecified atom stereocenters. The van der Waals surface area contributed by atoms with Gasteiger partial charge in [-0.25, -0.2) is 9.18 Å². The average Bonchev–Trinajstić information content (AvgIpc) is 2.93. The molecule has 0 aliphatic heterocycles. The molecule has 3 aromatic rings. The van der Waals surface area contributed by atoms with Gasteiger partial charge in [0, 0.05) is 17.1 Å². The maximum Gasteiger partial charge on any atom is 0.506 e. The molecule has 0 spiro atoms. The molecule has 0 bridgehead atoms. The Hall–Kier alpha value is -2.71. The molecule has 0 saturated carbocycles. The van der Waals surface area contributed by atoms with E-state index in [0.29, 0.717) is 22.0 Å². The third-order valence-electron chi connectivity index (χ3n) is 3.73. The average molecular weight is 356 g/mol. The van der Waals surface area contributed by atoms with Crippen molar-refractivity contribution in [2.24, 2.45) is 0 Å². The van der Waals surface area contributed by atoms with Gasteiger partial charge in [0.15, 0.2) is 0 Å². The number of halogens is 1. The number of pyridine rings is 1. The minimum absolute atomic E-state index is 0.0556. The number of fused-ring (bicyclic) bond motifs is 1. The molecule has 3 rings (SSSR count). The number of carbonyl (C=O) groups excluding carboxylic acids is 1. The van der Waals surface area contributed by atoms with E-state index in [2.05, 4.69) is 4.98 Å². The first-order chi connectivity index (χ1) is 12.2. The molecule has 0 saturated heterocycles. The van der Waals surface area contributed by atoms with E-state index in [9.17, 15) is 19.2 Å². The summed E-state index contributed by atoms with van der Waals surface area (Å²) in [6.07, 6.45) is 2.20. The number of hydrogen-bond acceptors (Lipinski definition) is 5. The number of hydrogen-bond donors (Lipinski definition) is 2. The van der Waals surface area contributed by atoms with Gasteiger partial charge < -0.3 is 14.8 Å². The number of nitrogens with zero attached hydrogens (tertiary/aromatic N) is 2. The standard InChI is InChI=1S/C18H18BFN2O4/c1-18(2,3)26-17(23)22-15-10-21-9-14(11-5-4-6-12(20)7-11)13(15)8-16(22)19(24)25/h4-10,24-25H,1-3H3. The molecular formula is C18H18BFN2O4. The van der Waals surface area contributed by atoms with Crippen LogP contribution in [0.15, 0.2) is 42.7 Å². The second-order valence-corrected chi connectivity index (χ2v) is 6.89. The minimum atomic E-state index is -1.89. The number of aromatic nitrogens is 2. The van der Waals surface area contributed by atoms with Gasteiger partial charge in [-0.05, 0) is 44.5 Å². The third kappa shape index (κ3) is 3.47. The van der Waals surface area contributed by atoms with Crippen molar-refractivity contribution in [3.05, 3.63) is 48.5 Å². The molecule has 134 valence electrons. The molecule has 0 atom stereocenters. The highest BCUT2D eigenvalue weighted by molar-refractivity contribution is 6.59. The van der Waals surface area contributed by atoms with Crippen LogP contribution in [0.25, 0.3) is 22.0 Å². The van der Waals surface area contributed by atoms with Crippen LogP contribution in [0.5, 0.6) is 0 Å². The Morgan fingerprint density at radius 2 is 1.96 bits per heavy atom. The molecule has 8 heteroatoms. The normalized spacial score (nSPS) is 11.6. The van der Waals surface area contributed by atoms with Crippen LogP contribution in [-0.4, -0.2) is 38.4 Å². The Morgan fingerprint density at radius 3 is 2.58 bits per heavy atom. The van der Waals surface area contributed by atoms with Gasteiger partial charge in [0.25, 0.3) is 0 Å². The molecule has 0 fully saturated rings. The molecular weight excluding hydrogens is 338 g/mol. The highest BCUT2D eigenvalue weighted by atomic mass is 19.1. The van der Waals surface area contributed by atoms with Crippen molar-refractivity contribution >= 4 is 29.7 Å². The quantitative estimate of drug-likeness (QED) is 0.689. The summed E-state index contributed by atoms with van der Waals surface area (Å²) in [5.41, 5.74) is 0.637. The van der Waals surface area contributed by atoms with Crippen molar-refractivity contribution in [1.82, 2.24) is 9.55 Å². The molecule has 0 amide bonds. The Bertz CT molecular complexity index is 979. The Kier molecular flexibility index (Phi) is 4.56. The second-order valence-electron chi connectivity index (χ2n) is 6.89. The van der Waals surface area contributed by atoms with Gasteiger partial charge in [-0.3, -0.25) is 9.55 Å². The maximum absolute atomic E-state index is 13.6. The van der Waals surface area contributed by atoms with Crippen LogP contribution in [0, 0.1) is 5.82 Å². The summed E-state index contributed by atoms with van der Waals surface area (Å²) >= 11 is 0. The zero-order valence-corrected chi connectivity index (χ0v) is 14.6. The first kappa shape index (κ1) is 18.1. The predicted octanol–water partition coefficient (Wildman–Crippen LogP) is 2.31. The zero-order valence-electron chi connectivity index (χ0n) is 14.6. The molecule has 1 aromatic carbocycles. The van der Waals surface area contributed by atoms with E-state index in [-0.39, 0.29) is 5.59 Å². The molecule has 2 heterocycles. The van der Waals surface area contributed by atoms with Crippen molar-refractivity contribution in [3.63, 3.8) is 0 Å². The van der Waals surface area contributed by atoms with Gasteiger partial charge in [-0.1, -0.05) is 12.1 Å². The van der Waals surface area contributed by atoms with Crippen LogP contribution in [0.2, 0.25) is 0 Å². The number of carbonyl (C=O) groups is 1. The molecule has 0 radical (unpaired) electrons. The van der Waals surface area contributed by atoms with Crippen molar-refractivity contribution in [2.75, 3.05) is 0 Å². The summed E-state index contributed by atoms with van der Waals surface area (Å²) in [5, 5.41) is 19.9. The smallest absolute Gasteiger partial charge is 0.443 e. The van der Waals surface area contributed by atoms with Crippen LogP contribution in [-0.2, 0) is 4.74 Å². The van der Waals surface area contributed by atoms with Crippen LogP contribution in [0.3, 0.4) is 0 Å². The van der Waals surface area contributed by atoms with E-state index in [1.165, 1.54) is 30.6 Å². The summed E-state index contributed by atoms with van der Waals surface area (Å²) in [4.78, 5) is 16.7. The first-order valence-electron chi connectivity index (χ1n) is 8.02. The molecule has 2 N–H and O–H groups in total. The lowest BCUT2D eigenvalue weighted by atomic mass is 9.86. The van der Waals surface area contributed by atoms with Crippen LogP contribution in [0.1, 0.15) is 20.8 Å². The molecule has 26 heavy (non-hydrogen) atoms. The van der Waals surface area contributed by atoms with E-state index in [4.69, 9.17) is 4.74 Å².